The number of para-hydroxylation sites is 1. The van der Waals surface area contributed by atoms with Gasteiger partial charge < -0.3 is 14.8 Å². The molecule has 0 fully saturated rings. The van der Waals surface area contributed by atoms with Crippen molar-refractivity contribution in [2.45, 2.75) is 26.9 Å². The van der Waals surface area contributed by atoms with Gasteiger partial charge in [0, 0.05) is 22.6 Å². The number of aryl methyl sites for hydroxylation is 1. The van der Waals surface area contributed by atoms with Gasteiger partial charge in [0.25, 0.3) is 0 Å². The maximum atomic E-state index is 12.7. The fraction of sp³-hybridized carbons (Fsp3) is 0.185. The lowest BCUT2D eigenvalue weighted by molar-refractivity contribution is -0.111. The van der Waals surface area contributed by atoms with Crippen LogP contribution in [0.15, 0.2) is 71.6 Å². The smallest absolute Gasteiger partial charge is 0.341 e. The highest BCUT2D eigenvalue weighted by molar-refractivity contribution is 7.15. The van der Waals surface area contributed by atoms with Crippen LogP contribution in [0.1, 0.15) is 35.3 Å². The monoisotopic (exact) mass is 459 g/mol. The van der Waals surface area contributed by atoms with Crippen molar-refractivity contribution >= 4 is 34.3 Å². The third-order valence-electron chi connectivity index (χ3n) is 5.31. The van der Waals surface area contributed by atoms with Crippen molar-refractivity contribution in [3.8, 4) is 16.9 Å². The van der Waals surface area contributed by atoms with Crippen molar-refractivity contribution in [3.63, 3.8) is 0 Å². The van der Waals surface area contributed by atoms with Crippen molar-refractivity contribution in [2.24, 2.45) is 0 Å². The first kappa shape index (κ1) is 22.6. The molecule has 0 spiro atoms. The normalized spacial score (nSPS) is 14.9. The standard InChI is InChI=1S/C27H25NO4S/c1-4-31-27(30)25-22(19-11-9-17(2)10-12-19)16-33-26(25)28-24(29)14-13-20-15-21-7-5-6-8-23(21)32-18(20)3/h5-16,18H,4H2,1-3H3,(H,28,29). The van der Waals surface area contributed by atoms with E-state index in [2.05, 4.69) is 5.32 Å². The number of nitrogens with one attached hydrogen (secondary N) is 1. The number of hydrogen-bond acceptors (Lipinski definition) is 5. The van der Waals surface area contributed by atoms with Crippen molar-refractivity contribution < 1.29 is 19.1 Å². The van der Waals surface area contributed by atoms with E-state index in [0.29, 0.717) is 10.6 Å². The summed E-state index contributed by atoms with van der Waals surface area (Å²) in [5, 5.41) is 5.18. The van der Waals surface area contributed by atoms with E-state index in [0.717, 1.165) is 33.6 Å². The molecule has 1 aliphatic rings. The van der Waals surface area contributed by atoms with Crippen LogP contribution in [0.25, 0.3) is 17.2 Å². The predicted molar refractivity (Wildman–Crippen MR) is 133 cm³/mol. The zero-order valence-electron chi connectivity index (χ0n) is 18.8. The quantitative estimate of drug-likeness (QED) is 0.349. The minimum absolute atomic E-state index is 0.172. The van der Waals surface area contributed by atoms with Gasteiger partial charge >= 0.3 is 5.97 Å². The predicted octanol–water partition coefficient (Wildman–Crippen LogP) is 6.26. The molecule has 2 heterocycles. The number of benzene rings is 2. The molecular formula is C27H25NO4S. The molecule has 33 heavy (non-hydrogen) atoms. The molecule has 0 saturated carbocycles. The number of rotatable bonds is 6. The van der Waals surface area contributed by atoms with Crippen LogP contribution in [-0.4, -0.2) is 24.6 Å². The third-order valence-corrected chi connectivity index (χ3v) is 6.21. The Morgan fingerprint density at radius 2 is 1.91 bits per heavy atom. The van der Waals surface area contributed by atoms with E-state index < -0.39 is 5.97 Å². The zero-order valence-corrected chi connectivity index (χ0v) is 19.6. The molecule has 1 unspecified atom stereocenters. The molecule has 0 saturated heterocycles. The summed E-state index contributed by atoms with van der Waals surface area (Å²) in [6, 6.07) is 15.7. The van der Waals surface area contributed by atoms with Crippen LogP contribution in [0.3, 0.4) is 0 Å². The number of esters is 1. The lowest BCUT2D eigenvalue weighted by atomic mass is 10.0. The largest absolute Gasteiger partial charge is 0.485 e. The van der Waals surface area contributed by atoms with Crippen molar-refractivity contribution in [1.29, 1.82) is 0 Å². The highest BCUT2D eigenvalue weighted by atomic mass is 32.1. The molecule has 1 aromatic heterocycles. The number of thiophene rings is 1. The Labute approximate surface area is 197 Å². The summed E-state index contributed by atoms with van der Waals surface area (Å²) < 4.78 is 11.2. The van der Waals surface area contributed by atoms with Crippen LogP contribution in [0.2, 0.25) is 0 Å². The van der Waals surface area contributed by atoms with Gasteiger partial charge in [0.2, 0.25) is 5.91 Å². The van der Waals surface area contributed by atoms with Crippen LogP contribution >= 0.6 is 11.3 Å². The highest BCUT2D eigenvalue weighted by Crippen LogP contribution is 2.36. The van der Waals surface area contributed by atoms with E-state index in [9.17, 15) is 9.59 Å². The molecule has 168 valence electrons. The van der Waals surface area contributed by atoms with Gasteiger partial charge in [-0.15, -0.1) is 11.3 Å². The first-order valence-electron chi connectivity index (χ1n) is 10.8. The first-order valence-corrected chi connectivity index (χ1v) is 11.7. The van der Waals surface area contributed by atoms with Gasteiger partial charge in [-0.1, -0.05) is 48.0 Å². The number of carbonyl (C=O) groups excluding carboxylic acids is 2. The molecule has 1 aliphatic heterocycles. The summed E-state index contributed by atoms with van der Waals surface area (Å²) in [7, 11) is 0. The Kier molecular flexibility index (Phi) is 6.75. The molecule has 1 atom stereocenters. The molecule has 5 nitrogen and oxygen atoms in total. The number of amides is 1. The maximum Gasteiger partial charge on any atom is 0.341 e. The van der Waals surface area contributed by atoms with E-state index in [1.54, 1.807) is 13.0 Å². The van der Waals surface area contributed by atoms with Crippen LogP contribution in [-0.2, 0) is 9.53 Å². The second kappa shape index (κ2) is 9.88. The van der Waals surface area contributed by atoms with E-state index in [1.807, 2.05) is 73.8 Å². The Morgan fingerprint density at radius 1 is 1.15 bits per heavy atom. The molecule has 3 aromatic rings. The SMILES string of the molecule is CCOC(=O)c1c(-c2ccc(C)cc2)csc1NC(=O)C=CC1=Cc2ccccc2OC1C. The van der Waals surface area contributed by atoms with Crippen LogP contribution in [0, 0.1) is 6.92 Å². The van der Waals surface area contributed by atoms with E-state index in [1.165, 1.54) is 17.4 Å². The number of hydrogen-bond donors (Lipinski definition) is 1. The summed E-state index contributed by atoms with van der Waals surface area (Å²) >= 11 is 1.30. The second-order valence-corrected chi connectivity index (χ2v) is 8.58. The summed E-state index contributed by atoms with van der Waals surface area (Å²) in [4.78, 5) is 25.4. The van der Waals surface area contributed by atoms with E-state index >= 15 is 0 Å². The van der Waals surface area contributed by atoms with Crippen LogP contribution in [0.5, 0.6) is 5.75 Å². The summed E-state index contributed by atoms with van der Waals surface area (Å²) in [6.45, 7) is 5.96. The van der Waals surface area contributed by atoms with Gasteiger partial charge in [0.05, 0.1) is 6.61 Å². The van der Waals surface area contributed by atoms with Crippen LogP contribution in [0.4, 0.5) is 5.00 Å². The third kappa shape index (κ3) is 5.07. The fourth-order valence-corrected chi connectivity index (χ4v) is 4.53. The Bertz CT molecular complexity index is 1240. The van der Waals surface area contributed by atoms with Gasteiger partial charge in [0.1, 0.15) is 22.4 Å². The molecule has 4 rings (SSSR count). The van der Waals surface area contributed by atoms with Crippen molar-refractivity contribution in [2.75, 3.05) is 11.9 Å². The molecule has 6 heteroatoms. The first-order chi connectivity index (χ1) is 16.0. The molecule has 0 radical (unpaired) electrons. The molecule has 1 amide bonds. The number of carbonyl (C=O) groups is 2. The topological polar surface area (TPSA) is 64.6 Å². The van der Waals surface area contributed by atoms with Gasteiger partial charge in [-0.25, -0.2) is 4.79 Å². The second-order valence-electron chi connectivity index (χ2n) is 7.70. The zero-order chi connectivity index (χ0) is 23.4. The number of anilines is 1. The average molecular weight is 460 g/mol. The number of fused-ring (bicyclic) bond motifs is 1. The maximum absolute atomic E-state index is 12.7. The van der Waals surface area contributed by atoms with E-state index in [-0.39, 0.29) is 18.6 Å². The minimum Gasteiger partial charge on any atom is -0.485 e. The Hall–Kier alpha value is -3.64. The molecule has 0 aliphatic carbocycles. The van der Waals surface area contributed by atoms with Crippen molar-refractivity contribution in [1.82, 2.24) is 0 Å². The molecule has 1 N–H and O–H groups in total. The molecular weight excluding hydrogens is 434 g/mol. The lowest BCUT2D eigenvalue weighted by Gasteiger charge is -2.22. The average Bonchev–Trinajstić information content (AvgIpc) is 3.21. The molecule has 2 aromatic carbocycles. The Balaban J connectivity index is 1.57. The van der Waals surface area contributed by atoms with Crippen LogP contribution < -0.4 is 10.1 Å². The lowest BCUT2D eigenvalue weighted by Crippen LogP contribution is -2.18. The fourth-order valence-electron chi connectivity index (χ4n) is 3.57. The minimum atomic E-state index is -0.456. The summed E-state index contributed by atoms with van der Waals surface area (Å²) in [5.74, 6) is 0.0416. The van der Waals surface area contributed by atoms with Gasteiger partial charge in [-0.05, 0) is 50.1 Å². The highest BCUT2D eigenvalue weighted by Gasteiger charge is 2.23. The summed E-state index contributed by atoms with van der Waals surface area (Å²) in [5.41, 5.74) is 5.00. The summed E-state index contributed by atoms with van der Waals surface area (Å²) in [6.07, 6.45) is 5.04. The Morgan fingerprint density at radius 3 is 2.67 bits per heavy atom. The van der Waals surface area contributed by atoms with Crippen molar-refractivity contribution in [3.05, 3.63) is 88.3 Å². The van der Waals surface area contributed by atoms with Gasteiger partial charge in [0.15, 0.2) is 0 Å². The number of ether oxygens (including phenoxy) is 2. The van der Waals surface area contributed by atoms with E-state index in [4.69, 9.17) is 9.47 Å². The van der Waals surface area contributed by atoms with Gasteiger partial charge in [-0.3, -0.25) is 4.79 Å². The van der Waals surface area contributed by atoms with Gasteiger partial charge in [-0.2, -0.15) is 0 Å². The molecule has 0 bridgehead atoms.